The highest BCUT2D eigenvalue weighted by Crippen LogP contribution is 2.38. The first kappa shape index (κ1) is 12.6. The molecule has 2 aliphatic heterocycles. The molecule has 2 atom stereocenters. The fourth-order valence-corrected chi connectivity index (χ4v) is 3.55. The summed E-state index contributed by atoms with van der Waals surface area (Å²) in [6, 6.07) is 6.91. The summed E-state index contributed by atoms with van der Waals surface area (Å²) in [5.74, 6) is 0.720. The molecule has 2 aliphatic rings. The molecule has 0 N–H and O–H groups in total. The molecule has 0 radical (unpaired) electrons. The van der Waals surface area contributed by atoms with E-state index in [2.05, 4.69) is 11.9 Å². The standard InChI is InChI=1S/C14H17Cl2NO/c1-17-9-5-6-10(17)8-11(7-9)18-13-4-2-3-12(15)14(13)16/h2-4,9-11H,5-8H2,1H3. The normalized spacial score (nSPS) is 31.6. The molecule has 2 bridgehead atoms. The molecule has 1 aromatic carbocycles. The molecule has 2 nitrogen and oxygen atoms in total. The van der Waals surface area contributed by atoms with Crippen LogP contribution in [0.4, 0.5) is 0 Å². The predicted molar refractivity (Wildman–Crippen MR) is 74.7 cm³/mol. The smallest absolute Gasteiger partial charge is 0.139 e. The fraction of sp³-hybridized carbons (Fsp3) is 0.571. The molecular weight excluding hydrogens is 269 g/mol. The van der Waals surface area contributed by atoms with Gasteiger partial charge in [0, 0.05) is 12.1 Å². The molecule has 0 saturated carbocycles. The summed E-state index contributed by atoms with van der Waals surface area (Å²) in [6.07, 6.45) is 5.05. The fourth-order valence-electron chi connectivity index (χ4n) is 3.21. The average Bonchev–Trinajstić information content (AvgIpc) is 2.59. The van der Waals surface area contributed by atoms with E-state index >= 15 is 0 Å². The third-order valence-corrected chi connectivity index (χ3v) is 5.07. The Balaban J connectivity index is 1.72. The van der Waals surface area contributed by atoms with Crippen LogP contribution in [-0.2, 0) is 0 Å². The van der Waals surface area contributed by atoms with Crippen LogP contribution in [0.2, 0.25) is 10.0 Å². The molecule has 1 aromatic rings. The van der Waals surface area contributed by atoms with Gasteiger partial charge in [0.25, 0.3) is 0 Å². The summed E-state index contributed by atoms with van der Waals surface area (Å²) >= 11 is 12.2. The van der Waals surface area contributed by atoms with Crippen LogP contribution in [0.25, 0.3) is 0 Å². The minimum absolute atomic E-state index is 0.273. The van der Waals surface area contributed by atoms with Crippen LogP contribution in [0.1, 0.15) is 25.7 Å². The van der Waals surface area contributed by atoms with Crippen molar-refractivity contribution in [2.24, 2.45) is 0 Å². The van der Waals surface area contributed by atoms with E-state index in [1.165, 1.54) is 12.8 Å². The van der Waals surface area contributed by atoms with Gasteiger partial charge in [-0.15, -0.1) is 0 Å². The highest BCUT2D eigenvalue weighted by Gasteiger charge is 2.39. The van der Waals surface area contributed by atoms with Gasteiger partial charge in [-0.1, -0.05) is 29.3 Å². The Hall–Kier alpha value is -0.440. The van der Waals surface area contributed by atoms with Gasteiger partial charge in [0.05, 0.1) is 5.02 Å². The van der Waals surface area contributed by atoms with E-state index < -0.39 is 0 Å². The van der Waals surface area contributed by atoms with Crippen LogP contribution in [-0.4, -0.2) is 30.1 Å². The van der Waals surface area contributed by atoms with E-state index in [9.17, 15) is 0 Å². The van der Waals surface area contributed by atoms with E-state index in [1.54, 1.807) is 6.07 Å². The molecule has 98 valence electrons. The number of halogens is 2. The van der Waals surface area contributed by atoms with E-state index in [0.29, 0.717) is 22.1 Å². The van der Waals surface area contributed by atoms with Gasteiger partial charge in [0.1, 0.15) is 16.9 Å². The van der Waals surface area contributed by atoms with Crippen molar-refractivity contribution >= 4 is 23.2 Å². The van der Waals surface area contributed by atoms with Gasteiger partial charge in [-0.3, -0.25) is 0 Å². The summed E-state index contributed by atoms with van der Waals surface area (Å²) in [4.78, 5) is 2.50. The molecule has 0 amide bonds. The lowest BCUT2D eigenvalue weighted by Crippen LogP contribution is -2.43. The SMILES string of the molecule is CN1C2CCC1CC(Oc1cccc(Cl)c1Cl)C2. The molecule has 2 heterocycles. The Morgan fingerprint density at radius 1 is 1.17 bits per heavy atom. The molecule has 3 rings (SSSR count). The van der Waals surface area contributed by atoms with E-state index in [-0.39, 0.29) is 6.10 Å². The Labute approximate surface area is 118 Å². The van der Waals surface area contributed by atoms with Gasteiger partial charge in [0.15, 0.2) is 0 Å². The topological polar surface area (TPSA) is 12.5 Å². The Kier molecular flexibility index (Phi) is 3.44. The molecule has 0 aliphatic carbocycles. The second-order valence-electron chi connectivity index (χ2n) is 5.31. The van der Waals surface area contributed by atoms with E-state index in [0.717, 1.165) is 18.6 Å². The largest absolute Gasteiger partial charge is 0.489 e. The second kappa shape index (κ2) is 4.92. The first-order valence-electron chi connectivity index (χ1n) is 6.47. The predicted octanol–water partition coefficient (Wildman–Crippen LogP) is 4.00. The number of hydrogen-bond donors (Lipinski definition) is 0. The lowest BCUT2D eigenvalue weighted by atomic mass is 10.0. The van der Waals surface area contributed by atoms with Crippen LogP contribution < -0.4 is 4.74 Å². The Morgan fingerprint density at radius 3 is 2.50 bits per heavy atom. The second-order valence-corrected chi connectivity index (χ2v) is 6.10. The molecule has 0 aromatic heterocycles. The van der Waals surface area contributed by atoms with E-state index in [1.807, 2.05) is 12.1 Å². The Morgan fingerprint density at radius 2 is 1.83 bits per heavy atom. The third kappa shape index (κ3) is 2.22. The first-order valence-corrected chi connectivity index (χ1v) is 7.23. The average molecular weight is 286 g/mol. The number of nitrogens with zero attached hydrogens (tertiary/aromatic N) is 1. The zero-order valence-electron chi connectivity index (χ0n) is 10.4. The number of hydrogen-bond acceptors (Lipinski definition) is 2. The van der Waals surface area contributed by atoms with Crippen LogP contribution in [0.3, 0.4) is 0 Å². The van der Waals surface area contributed by atoms with Gasteiger partial charge in [-0.05, 0) is 44.9 Å². The van der Waals surface area contributed by atoms with Crippen molar-refractivity contribution in [2.75, 3.05) is 7.05 Å². The van der Waals surface area contributed by atoms with Gasteiger partial charge >= 0.3 is 0 Å². The zero-order chi connectivity index (χ0) is 12.7. The first-order chi connectivity index (χ1) is 8.65. The molecule has 18 heavy (non-hydrogen) atoms. The van der Waals surface area contributed by atoms with Crippen LogP contribution >= 0.6 is 23.2 Å². The highest BCUT2D eigenvalue weighted by molar-refractivity contribution is 6.42. The Bertz CT molecular complexity index is 437. The lowest BCUT2D eigenvalue weighted by Gasteiger charge is -2.36. The lowest BCUT2D eigenvalue weighted by molar-refractivity contribution is 0.0662. The molecule has 0 spiro atoms. The molecule has 2 saturated heterocycles. The van der Waals surface area contributed by atoms with Crippen molar-refractivity contribution in [2.45, 2.75) is 43.9 Å². The van der Waals surface area contributed by atoms with E-state index in [4.69, 9.17) is 27.9 Å². The molecular formula is C14H17Cl2NO. The van der Waals surface area contributed by atoms with Crippen LogP contribution in [0, 0.1) is 0 Å². The van der Waals surface area contributed by atoms with Crippen molar-refractivity contribution in [1.82, 2.24) is 4.90 Å². The number of fused-ring (bicyclic) bond motifs is 2. The number of benzene rings is 1. The quantitative estimate of drug-likeness (QED) is 0.815. The van der Waals surface area contributed by atoms with Gasteiger partial charge in [0.2, 0.25) is 0 Å². The van der Waals surface area contributed by atoms with Crippen molar-refractivity contribution in [3.63, 3.8) is 0 Å². The number of rotatable bonds is 2. The summed E-state index contributed by atoms with van der Waals surface area (Å²) in [5, 5.41) is 1.09. The third-order valence-electron chi connectivity index (χ3n) is 4.26. The van der Waals surface area contributed by atoms with Crippen molar-refractivity contribution in [3.8, 4) is 5.75 Å². The monoisotopic (exact) mass is 285 g/mol. The highest BCUT2D eigenvalue weighted by atomic mass is 35.5. The van der Waals surface area contributed by atoms with Crippen molar-refractivity contribution in [3.05, 3.63) is 28.2 Å². The summed E-state index contributed by atoms with van der Waals surface area (Å²) < 4.78 is 6.05. The van der Waals surface area contributed by atoms with Gasteiger partial charge in [-0.2, -0.15) is 0 Å². The van der Waals surface area contributed by atoms with Gasteiger partial charge in [-0.25, -0.2) is 0 Å². The summed E-state index contributed by atoms with van der Waals surface area (Å²) in [5.41, 5.74) is 0. The van der Waals surface area contributed by atoms with Crippen molar-refractivity contribution < 1.29 is 4.74 Å². The molecule has 4 heteroatoms. The minimum atomic E-state index is 0.273. The van der Waals surface area contributed by atoms with Crippen LogP contribution in [0.15, 0.2) is 18.2 Å². The minimum Gasteiger partial charge on any atom is -0.489 e. The molecule has 2 unspecified atom stereocenters. The maximum atomic E-state index is 6.16. The van der Waals surface area contributed by atoms with Gasteiger partial charge < -0.3 is 9.64 Å². The zero-order valence-corrected chi connectivity index (χ0v) is 11.9. The number of ether oxygens (including phenoxy) is 1. The number of piperidine rings is 1. The maximum Gasteiger partial charge on any atom is 0.139 e. The van der Waals surface area contributed by atoms with Crippen molar-refractivity contribution in [1.29, 1.82) is 0 Å². The summed E-state index contributed by atoms with van der Waals surface area (Å²) in [6.45, 7) is 0. The van der Waals surface area contributed by atoms with Crippen LogP contribution in [0.5, 0.6) is 5.75 Å². The maximum absolute atomic E-state index is 6.16. The summed E-state index contributed by atoms with van der Waals surface area (Å²) in [7, 11) is 2.23. The molecule has 2 fully saturated rings.